The summed E-state index contributed by atoms with van der Waals surface area (Å²) in [5.74, 6) is 1.35. The Labute approximate surface area is 117 Å². The fourth-order valence-electron chi connectivity index (χ4n) is 1.59. The Morgan fingerprint density at radius 1 is 1.26 bits per heavy atom. The minimum Gasteiger partial charge on any atom is -0.456 e. The van der Waals surface area contributed by atoms with Crippen LogP contribution in [0.2, 0.25) is 5.02 Å². The van der Waals surface area contributed by atoms with Crippen LogP contribution in [0.3, 0.4) is 0 Å². The van der Waals surface area contributed by atoms with Gasteiger partial charge in [0.2, 0.25) is 0 Å². The molecule has 5 heteroatoms. The van der Waals surface area contributed by atoms with E-state index in [0.717, 1.165) is 31.0 Å². The fourth-order valence-corrected chi connectivity index (χ4v) is 1.76. The summed E-state index contributed by atoms with van der Waals surface area (Å²) in [5.41, 5.74) is 0.945. The first-order chi connectivity index (χ1) is 9.28. The van der Waals surface area contributed by atoms with Crippen molar-refractivity contribution < 1.29 is 4.74 Å². The van der Waals surface area contributed by atoms with Crippen molar-refractivity contribution in [1.82, 2.24) is 15.3 Å². The van der Waals surface area contributed by atoms with Crippen LogP contribution in [-0.2, 0) is 6.54 Å². The minimum atomic E-state index is 0.552. The van der Waals surface area contributed by atoms with Gasteiger partial charge in [-0.25, -0.2) is 0 Å². The average Bonchev–Trinajstić information content (AvgIpc) is 2.39. The van der Waals surface area contributed by atoms with Crippen molar-refractivity contribution in [3.63, 3.8) is 0 Å². The van der Waals surface area contributed by atoms with Gasteiger partial charge in [-0.15, -0.1) is 0 Å². The quantitative estimate of drug-likeness (QED) is 0.822. The van der Waals surface area contributed by atoms with Crippen molar-refractivity contribution in [3.8, 4) is 11.5 Å². The molecule has 0 saturated carbocycles. The molecule has 0 aliphatic rings. The van der Waals surface area contributed by atoms with E-state index in [1.165, 1.54) is 0 Å². The highest BCUT2D eigenvalue weighted by Gasteiger charge is 2.01. The lowest BCUT2D eigenvalue weighted by atomic mass is 10.3. The van der Waals surface area contributed by atoms with Crippen LogP contribution < -0.4 is 10.1 Å². The summed E-state index contributed by atoms with van der Waals surface area (Å²) in [6.45, 7) is 3.84. The highest BCUT2D eigenvalue weighted by Crippen LogP contribution is 2.22. The molecule has 0 radical (unpaired) electrons. The zero-order valence-corrected chi connectivity index (χ0v) is 11.5. The lowest BCUT2D eigenvalue weighted by Crippen LogP contribution is -2.14. The van der Waals surface area contributed by atoms with Gasteiger partial charge in [-0.1, -0.05) is 18.5 Å². The third-order valence-corrected chi connectivity index (χ3v) is 2.64. The summed E-state index contributed by atoms with van der Waals surface area (Å²) in [5, 5.41) is 3.85. The monoisotopic (exact) mass is 277 g/mol. The average molecular weight is 278 g/mol. The van der Waals surface area contributed by atoms with E-state index in [9.17, 15) is 0 Å². The molecule has 0 atom stereocenters. The Kier molecular flexibility index (Phi) is 5.12. The van der Waals surface area contributed by atoms with Crippen LogP contribution in [0.15, 0.2) is 36.8 Å². The second-order valence-corrected chi connectivity index (χ2v) is 4.54. The first-order valence-electron chi connectivity index (χ1n) is 6.22. The molecule has 1 N–H and O–H groups in total. The van der Waals surface area contributed by atoms with Crippen molar-refractivity contribution in [1.29, 1.82) is 0 Å². The van der Waals surface area contributed by atoms with Gasteiger partial charge in [0, 0.05) is 31.1 Å². The second kappa shape index (κ2) is 7.07. The minimum absolute atomic E-state index is 0.552. The molecule has 2 heterocycles. The lowest BCUT2D eigenvalue weighted by molar-refractivity contribution is 0.478. The fraction of sp³-hybridized carbons (Fsp3) is 0.286. The zero-order chi connectivity index (χ0) is 13.5. The molecule has 100 valence electrons. The number of rotatable bonds is 6. The van der Waals surface area contributed by atoms with E-state index in [1.807, 2.05) is 12.1 Å². The van der Waals surface area contributed by atoms with E-state index >= 15 is 0 Å². The molecule has 19 heavy (non-hydrogen) atoms. The number of pyridine rings is 2. The van der Waals surface area contributed by atoms with E-state index in [2.05, 4.69) is 22.2 Å². The number of halogens is 1. The van der Waals surface area contributed by atoms with Gasteiger partial charge < -0.3 is 10.1 Å². The number of nitrogens with zero attached hydrogens (tertiary/aromatic N) is 2. The van der Waals surface area contributed by atoms with Gasteiger partial charge in [-0.2, -0.15) is 0 Å². The van der Waals surface area contributed by atoms with E-state index in [0.29, 0.717) is 10.8 Å². The third kappa shape index (κ3) is 4.50. The van der Waals surface area contributed by atoms with Crippen LogP contribution in [0.5, 0.6) is 11.5 Å². The van der Waals surface area contributed by atoms with Crippen molar-refractivity contribution in [2.45, 2.75) is 19.9 Å². The summed E-state index contributed by atoms with van der Waals surface area (Å²) in [7, 11) is 0. The number of hydrogen-bond donors (Lipinski definition) is 1. The van der Waals surface area contributed by atoms with Crippen LogP contribution in [0.4, 0.5) is 0 Å². The predicted molar refractivity (Wildman–Crippen MR) is 75.6 cm³/mol. The van der Waals surface area contributed by atoms with Crippen molar-refractivity contribution in [2.24, 2.45) is 0 Å². The van der Waals surface area contributed by atoms with Gasteiger partial charge in [0.15, 0.2) is 0 Å². The Morgan fingerprint density at radius 2 is 2.16 bits per heavy atom. The number of nitrogens with one attached hydrogen (secondary N) is 1. The van der Waals surface area contributed by atoms with Gasteiger partial charge in [0.1, 0.15) is 11.5 Å². The van der Waals surface area contributed by atoms with Crippen LogP contribution >= 0.6 is 11.6 Å². The van der Waals surface area contributed by atoms with Crippen LogP contribution in [0.25, 0.3) is 0 Å². The Morgan fingerprint density at radius 3 is 2.95 bits per heavy atom. The molecule has 0 saturated heterocycles. The standard InChI is InChI=1S/C14H16ClN3O/c1-2-4-16-9-12-7-13(3-5-18-12)19-14-6-11(15)8-17-10-14/h3,5-8,10,16H,2,4,9H2,1H3. The van der Waals surface area contributed by atoms with E-state index in [4.69, 9.17) is 16.3 Å². The number of hydrogen-bond acceptors (Lipinski definition) is 4. The Balaban J connectivity index is 2.02. The van der Waals surface area contributed by atoms with Gasteiger partial charge in [0.05, 0.1) is 16.9 Å². The Bertz CT molecular complexity index is 534. The predicted octanol–water partition coefficient (Wildman–Crippen LogP) is 3.42. The van der Waals surface area contributed by atoms with Crippen LogP contribution in [0.1, 0.15) is 19.0 Å². The summed E-state index contributed by atoms with van der Waals surface area (Å²) < 4.78 is 5.69. The smallest absolute Gasteiger partial charge is 0.147 e. The van der Waals surface area contributed by atoms with Crippen molar-refractivity contribution in [3.05, 3.63) is 47.5 Å². The second-order valence-electron chi connectivity index (χ2n) is 4.10. The summed E-state index contributed by atoms with van der Waals surface area (Å²) >= 11 is 5.86. The topological polar surface area (TPSA) is 47.0 Å². The van der Waals surface area contributed by atoms with Crippen LogP contribution in [-0.4, -0.2) is 16.5 Å². The normalized spacial score (nSPS) is 10.4. The van der Waals surface area contributed by atoms with Gasteiger partial charge >= 0.3 is 0 Å². The Hall–Kier alpha value is -1.65. The molecule has 0 fully saturated rings. The maximum atomic E-state index is 5.86. The molecule has 0 bridgehead atoms. The summed E-state index contributed by atoms with van der Waals surface area (Å²) in [6.07, 6.45) is 6.03. The SMILES string of the molecule is CCCNCc1cc(Oc2cncc(Cl)c2)ccn1. The first-order valence-corrected chi connectivity index (χ1v) is 6.60. The largest absolute Gasteiger partial charge is 0.456 e. The molecule has 2 rings (SSSR count). The van der Waals surface area contributed by atoms with Gasteiger partial charge in [0.25, 0.3) is 0 Å². The van der Waals surface area contributed by atoms with E-state index in [-0.39, 0.29) is 0 Å². The zero-order valence-electron chi connectivity index (χ0n) is 10.8. The van der Waals surface area contributed by atoms with Crippen molar-refractivity contribution in [2.75, 3.05) is 6.54 Å². The third-order valence-electron chi connectivity index (χ3n) is 2.44. The molecular weight excluding hydrogens is 262 g/mol. The van der Waals surface area contributed by atoms with E-state index < -0.39 is 0 Å². The maximum Gasteiger partial charge on any atom is 0.147 e. The highest BCUT2D eigenvalue weighted by molar-refractivity contribution is 6.30. The molecule has 0 aliphatic heterocycles. The molecule has 0 unspecified atom stereocenters. The molecule has 0 amide bonds. The molecule has 4 nitrogen and oxygen atoms in total. The molecule has 2 aromatic heterocycles. The summed E-state index contributed by atoms with van der Waals surface area (Å²) in [4.78, 5) is 8.26. The number of ether oxygens (including phenoxy) is 1. The molecule has 0 aromatic carbocycles. The van der Waals surface area contributed by atoms with E-state index in [1.54, 1.807) is 24.7 Å². The maximum absolute atomic E-state index is 5.86. The van der Waals surface area contributed by atoms with Crippen LogP contribution in [0, 0.1) is 0 Å². The van der Waals surface area contributed by atoms with Crippen molar-refractivity contribution >= 4 is 11.6 Å². The molecule has 0 aliphatic carbocycles. The number of aromatic nitrogens is 2. The molecule has 2 aromatic rings. The highest BCUT2D eigenvalue weighted by atomic mass is 35.5. The summed E-state index contributed by atoms with van der Waals surface area (Å²) in [6, 6.07) is 5.44. The lowest BCUT2D eigenvalue weighted by Gasteiger charge is -2.07. The first kappa shape index (κ1) is 13.8. The van der Waals surface area contributed by atoms with Gasteiger partial charge in [-0.05, 0) is 19.0 Å². The van der Waals surface area contributed by atoms with Gasteiger partial charge in [-0.3, -0.25) is 9.97 Å². The molecule has 0 spiro atoms. The molecular formula is C14H16ClN3O.